The highest BCUT2D eigenvalue weighted by Crippen LogP contribution is 2.47. The molecule has 1 aromatic carbocycles. The molecule has 10 heteroatoms. The van der Waals surface area contributed by atoms with Crippen molar-refractivity contribution in [2.75, 3.05) is 19.7 Å². The number of ether oxygens (including phenoxy) is 1. The number of hydrogen-bond acceptors (Lipinski definition) is 4. The maximum absolute atomic E-state index is 12.9. The summed E-state index contributed by atoms with van der Waals surface area (Å²) < 4.78 is 31.0. The lowest BCUT2D eigenvalue weighted by Gasteiger charge is -2.32. The van der Waals surface area contributed by atoms with Crippen LogP contribution in [0.25, 0.3) is 5.57 Å². The van der Waals surface area contributed by atoms with Crippen molar-refractivity contribution in [3.8, 4) is 0 Å². The largest absolute Gasteiger partial charge is 0.393 e. The molecule has 0 aliphatic carbocycles. The minimum atomic E-state index is -3.56. The van der Waals surface area contributed by atoms with Crippen LogP contribution in [-0.2, 0) is 9.53 Å². The van der Waals surface area contributed by atoms with E-state index in [4.69, 9.17) is 10.5 Å². The van der Waals surface area contributed by atoms with Gasteiger partial charge in [0.15, 0.2) is 0 Å². The van der Waals surface area contributed by atoms with Gasteiger partial charge in [0.05, 0.1) is 18.8 Å². The molecule has 1 saturated heterocycles. The van der Waals surface area contributed by atoms with Crippen molar-refractivity contribution in [3.63, 3.8) is 0 Å². The fourth-order valence-corrected chi connectivity index (χ4v) is 4.38. The number of morpholine rings is 1. The number of rotatable bonds is 4. The Morgan fingerprint density at radius 2 is 1.90 bits per heavy atom. The van der Waals surface area contributed by atoms with E-state index in [1.807, 2.05) is 25.1 Å². The topological polar surface area (TPSA) is 75.9 Å². The average molecular weight is 514 g/mol. The highest BCUT2D eigenvalue weighted by Gasteiger charge is 2.29. The van der Waals surface area contributed by atoms with Gasteiger partial charge in [0.1, 0.15) is 9.92 Å². The van der Waals surface area contributed by atoms with Gasteiger partial charge >= 0.3 is 8.54 Å². The second kappa shape index (κ2) is 10.0. The van der Waals surface area contributed by atoms with E-state index < -0.39 is 25.9 Å². The number of hydrogen-bond donors (Lipinski definition) is 1. The minimum absolute atomic E-state index is 0.00856. The summed E-state index contributed by atoms with van der Waals surface area (Å²) in [5, 5.41) is 0. The molecule has 2 N–H and O–H groups in total. The summed E-state index contributed by atoms with van der Waals surface area (Å²) in [6.07, 6.45) is 5.06. The number of nitrogens with two attached hydrogens (primary N) is 1. The van der Waals surface area contributed by atoms with Crippen molar-refractivity contribution in [2.45, 2.75) is 26.0 Å². The monoisotopic (exact) mass is 513 g/mol. The summed E-state index contributed by atoms with van der Waals surface area (Å²) >= 11 is 2.91. The SMILES string of the molecule is CC1CN(C(=O)c2ccc(C3=CC=CN(C(=O)/C(Br)=C(\N)P(F)F)C3C)cc2)CCO1. The first-order valence-electron chi connectivity index (χ1n) is 9.70. The molecule has 1 fully saturated rings. The highest BCUT2D eigenvalue weighted by atomic mass is 79.9. The molecule has 6 nitrogen and oxygen atoms in total. The Kier molecular flexibility index (Phi) is 7.62. The van der Waals surface area contributed by atoms with E-state index in [0.717, 1.165) is 11.1 Å². The molecular formula is C21H23BrF2N3O3P. The van der Waals surface area contributed by atoms with Crippen molar-refractivity contribution in [1.29, 1.82) is 0 Å². The molecule has 1 aromatic rings. The zero-order valence-electron chi connectivity index (χ0n) is 17.1. The molecule has 0 aromatic heterocycles. The lowest BCUT2D eigenvalue weighted by Crippen LogP contribution is -2.44. The molecule has 2 atom stereocenters. The zero-order chi connectivity index (χ0) is 22.7. The predicted octanol–water partition coefficient (Wildman–Crippen LogP) is 4.45. The molecule has 2 amide bonds. The van der Waals surface area contributed by atoms with Gasteiger partial charge in [0.25, 0.3) is 11.8 Å². The van der Waals surface area contributed by atoms with Crippen molar-refractivity contribution in [2.24, 2.45) is 5.73 Å². The van der Waals surface area contributed by atoms with E-state index >= 15 is 0 Å². The summed E-state index contributed by atoms with van der Waals surface area (Å²) in [4.78, 5) is 28.5. The number of carbonyl (C=O) groups excluding carboxylic acids is 2. The van der Waals surface area contributed by atoms with Gasteiger partial charge < -0.3 is 20.3 Å². The second-order valence-electron chi connectivity index (χ2n) is 7.29. The Balaban J connectivity index is 1.76. The first kappa shape index (κ1) is 23.6. The lowest BCUT2D eigenvalue weighted by atomic mass is 9.95. The summed E-state index contributed by atoms with van der Waals surface area (Å²) in [5.74, 6) is -0.689. The summed E-state index contributed by atoms with van der Waals surface area (Å²) in [7, 11) is -3.56. The van der Waals surface area contributed by atoms with Crippen LogP contribution < -0.4 is 5.73 Å². The van der Waals surface area contributed by atoms with Crippen molar-refractivity contribution in [1.82, 2.24) is 9.80 Å². The normalized spacial score (nSPS) is 22.3. The van der Waals surface area contributed by atoms with Gasteiger partial charge in [-0.25, -0.2) is 0 Å². The molecule has 166 valence electrons. The number of allylic oxidation sites excluding steroid dienone is 2. The third kappa shape index (κ3) is 5.22. The Morgan fingerprint density at radius 3 is 2.52 bits per heavy atom. The van der Waals surface area contributed by atoms with Gasteiger partial charge in [-0.05, 0) is 59.1 Å². The van der Waals surface area contributed by atoms with Crippen LogP contribution in [0.15, 0.2) is 52.5 Å². The quantitative estimate of drug-likeness (QED) is 0.476. The molecule has 0 radical (unpaired) electrons. The second-order valence-corrected chi connectivity index (χ2v) is 9.03. The highest BCUT2D eigenvalue weighted by molar-refractivity contribution is 9.12. The molecule has 3 rings (SSSR count). The Labute approximate surface area is 189 Å². The van der Waals surface area contributed by atoms with E-state index in [1.165, 1.54) is 11.1 Å². The van der Waals surface area contributed by atoms with Crippen molar-refractivity contribution >= 4 is 41.9 Å². The first-order valence-corrected chi connectivity index (χ1v) is 11.6. The molecule has 2 aliphatic heterocycles. The van der Waals surface area contributed by atoms with Crippen LogP contribution in [0.2, 0.25) is 0 Å². The van der Waals surface area contributed by atoms with E-state index in [9.17, 15) is 18.0 Å². The van der Waals surface area contributed by atoms with Crippen LogP contribution in [-0.4, -0.2) is 53.5 Å². The summed E-state index contributed by atoms with van der Waals surface area (Å²) in [5.41, 5.74) is 6.83. The molecular weight excluding hydrogens is 491 g/mol. The van der Waals surface area contributed by atoms with Gasteiger partial charge in [0, 0.05) is 24.9 Å². The Morgan fingerprint density at radius 1 is 1.23 bits per heavy atom. The molecule has 2 heterocycles. The average Bonchev–Trinajstić information content (AvgIpc) is 2.77. The van der Waals surface area contributed by atoms with Crippen LogP contribution in [0.5, 0.6) is 0 Å². The van der Waals surface area contributed by atoms with Crippen LogP contribution in [0.1, 0.15) is 29.8 Å². The zero-order valence-corrected chi connectivity index (χ0v) is 19.6. The van der Waals surface area contributed by atoms with Crippen molar-refractivity contribution < 1.29 is 22.7 Å². The molecule has 0 spiro atoms. The fraction of sp³-hybridized carbons (Fsp3) is 0.333. The van der Waals surface area contributed by atoms with Gasteiger partial charge in [0.2, 0.25) is 0 Å². The molecule has 0 saturated carbocycles. The Hall–Kier alpha value is -2.09. The summed E-state index contributed by atoms with van der Waals surface area (Å²) in [6, 6.07) is 6.74. The lowest BCUT2D eigenvalue weighted by molar-refractivity contribution is -0.124. The van der Waals surface area contributed by atoms with Gasteiger partial charge in [-0.2, -0.15) is 8.39 Å². The Bertz CT molecular complexity index is 950. The smallest absolute Gasteiger partial charge is 0.315 e. The van der Waals surface area contributed by atoms with E-state index in [1.54, 1.807) is 30.0 Å². The standard InChI is InChI=1S/C21H23BrF2N3O3P/c1-13-12-26(10-11-30-13)20(28)16-7-5-15(6-8-16)17-4-3-9-27(14(17)2)21(29)18(22)19(25)31(23)24/h3-9,13-14H,10-12,25H2,1-2H3/b19-18-. The maximum Gasteiger partial charge on any atom is 0.315 e. The van der Waals surface area contributed by atoms with Crippen LogP contribution in [0, 0.1) is 0 Å². The van der Waals surface area contributed by atoms with Gasteiger partial charge in [-0.3, -0.25) is 9.59 Å². The van der Waals surface area contributed by atoms with Crippen molar-refractivity contribution in [3.05, 3.63) is 63.7 Å². The summed E-state index contributed by atoms with van der Waals surface area (Å²) in [6.45, 7) is 5.36. The van der Waals surface area contributed by atoms with E-state index in [2.05, 4.69) is 15.9 Å². The molecule has 31 heavy (non-hydrogen) atoms. The fourth-order valence-electron chi connectivity index (χ4n) is 3.53. The van der Waals surface area contributed by atoms with E-state index in [0.29, 0.717) is 25.3 Å². The van der Waals surface area contributed by atoms with Crippen LogP contribution in [0.4, 0.5) is 8.39 Å². The number of halogens is 3. The van der Waals surface area contributed by atoms with Gasteiger partial charge in [-0.15, -0.1) is 0 Å². The number of nitrogens with zero attached hydrogens (tertiary/aromatic N) is 2. The number of carbonyl (C=O) groups is 2. The minimum Gasteiger partial charge on any atom is -0.393 e. The third-order valence-electron chi connectivity index (χ3n) is 5.21. The van der Waals surface area contributed by atoms with Gasteiger partial charge in [-0.1, -0.05) is 18.2 Å². The number of benzene rings is 1. The first-order chi connectivity index (χ1) is 14.7. The molecule has 2 unspecified atom stereocenters. The number of amides is 2. The predicted molar refractivity (Wildman–Crippen MR) is 120 cm³/mol. The van der Waals surface area contributed by atoms with Crippen LogP contribution in [0.3, 0.4) is 0 Å². The van der Waals surface area contributed by atoms with E-state index in [-0.39, 0.29) is 16.5 Å². The molecule has 0 bridgehead atoms. The maximum atomic E-state index is 12.9. The molecule has 2 aliphatic rings. The van der Waals surface area contributed by atoms with Crippen LogP contribution >= 0.6 is 24.5 Å². The third-order valence-corrected chi connectivity index (χ3v) is 6.87.